The van der Waals surface area contributed by atoms with Gasteiger partial charge in [0.1, 0.15) is 11.6 Å². The second kappa shape index (κ2) is 7.55. The number of hydrazine groups is 1. The number of thioether (sulfide) groups is 1. The quantitative estimate of drug-likeness (QED) is 0.564. The van der Waals surface area contributed by atoms with E-state index in [4.69, 9.17) is 0 Å². The number of hydrogen-bond acceptors (Lipinski definition) is 5. The summed E-state index contributed by atoms with van der Waals surface area (Å²) in [5.41, 5.74) is 4.76. The minimum atomic E-state index is -0.524. The molecule has 3 N–H and O–H groups in total. The Morgan fingerprint density at radius 3 is 2.64 bits per heavy atom. The summed E-state index contributed by atoms with van der Waals surface area (Å²) < 4.78 is 12.7. The van der Waals surface area contributed by atoms with Crippen LogP contribution in [-0.2, 0) is 11.2 Å². The second-order valence-corrected chi connectivity index (χ2v) is 5.16. The van der Waals surface area contributed by atoms with E-state index < -0.39 is 17.6 Å². The lowest BCUT2D eigenvalue weighted by atomic mass is 10.2. The lowest BCUT2D eigenvalue weighted by Gasteiger charge is -2.06. The number of carbonyl (C=O) groups excluding carboxylic acids is 2. The van der Waals surface area contributed by atoms with E-state index in [-0.39, 0.29) is 11.3 Å². The molecule has 2 rings (SSSR count). The first-order chi connectivity index (χ1) is 10.6. The Bertz CT molecular complexity index is 659. The van der Waals surface area contributed by atoms with Crippen molar-refractivity contribution in [2.45, 2.75) is 18.5 Å². The first-order valence-corrected chi connectivity index (χ1v) is 7.46. The average Bonchev–Trinajstić information content (AvgIpc) is 2.99. The minimum Gasteiger partial charge on any atom is -0.272 e. The van der Waals surface area contributed by atoms with Crippen molar-refractivity contribution in [2.24, 2.45) is 0 Å². The number of amides is 2. The third kappa shape index (κ3) is 4.55. The van der Waals surface area contributed by atoms with Crippen LogP contribution in [0.1, 0.15) is 23.1 Å². The Morgan fingerprint density at radius 1 is 1.27 bits per heavy atom. The van der Waals surface area contributed by atoms with Crippen molar-refractivity contribution in [1.29, 1.82) is 0 Å². The molecular formula is C13H14FN5O2S. The normalized spacial score (nSPS) is 10.3. The largest absolute Gasteiger partial charge is 0.272 e. The number of nitrogens with one attached hydrogen (secondary N) is 3. The van der Waals surface area contributed by atoms with E-state index in [2.05, 4.69) is 26.0 Å². The first-order valence-electron chi connectivity index (χ1n) is 6.47. The molecule has 1 aromatic heterocycles. The topological polar surface area (TPSA) is 99.8 Å². The zero-order chi connectivity index (χ0) is 15.9. The number of aryl methyl sites for hydroxylation is 1. The molecule has 1 heterocycles. The summed E-state index contributed by atoms with van der Waals surface area (Å²) in [7, 11) is 0. The fraction of sp³-hybridized carbons (Fsp3) is 0.231. The van der Waals surface area contributed by atoms with Gasteiger partial charge in [0, 0.05) is 12.0 Å². The van der Waals surface area contributed by atoms with Gasteiger partial charge in [-0.3, -0.25) is 25.5 Å². The van der Waals surface area contributed by atoms with Crippen LogP contribution in [0.5, 0.6) is 0 Å². The van der Waals surface area contributed by atoms with Gasteiger partial charge in [0.25, 0.3) is 5.91 Å². The number of benzene rings is 1. The SMILES string of the molecule is CCc1nc(SCC(=O)NNC(=O)c2ccc(F)cc2)n[nH]1. The molecule has 0 atom stereocenters. The van der Waals surface area contributed by atoms with Gasteiger partial charge in [0.05, 0.1) is 5.75 Å². The fourth-order valence-corrected chi connectivity index (χ4v) is 2.08. The number of halogens is 1. The van der Waals surface area contributed by atoms with Gasteiger partial charge in [0.2, 0.25) is 11.1 Å². The number of aromatic amines is 1. The number of rotatable bonds is 5. The molecule has 0 saturated carbocycles. The molecule has 2 aromatic rings. The monoisotopic (exact) mass is 323 g/mol. The third-order valence-corrected chi connectivity index (χ3v) is 3.45. The summed E-state index contributed by atoms with van der Waals surface area (Å²) in [5, 5.41) is 7.14. The van der Waals surface area contributed by atoms with Crippen LogP contribution < -0.4 is 10.9 Å². The van der Waals surface area contributed by atoms with E-state index in [0.29, 0.717) is 5.16 Å². The van der Waals surface area contributed by atoms with E-state index in [9.17, 15) is 14.0 Å². The average molecular weight is 323 g/mol. The summed E-state index contributed by atoms with van der Waals surface area (Å²) >= 11 is 1.15. The minimum absolute atomic E-state index is 0.0602. The molecule has 0 saturated heterocycles. The van der Waals surface area contributed by atoms with Gasteiger partial charge >= 0.3 is 0 Å². The highest BCUT2D eigenvalue weighted by Crippen LogP contribution is 2.11. The van der Waals surface area contributed by atoms with E-state index in [0.717, 1.165) is 24.0 Å². The summed E-state index contributed by atoms with van der Waals surface area (Å²) in [5.74, 6) is -0.555. The summed E-state index contributed by atoms with van der Waals surface area (Å²) in [4.78, 5) is 27.4. The number of hydrogen-bond donors (Lipinski definition) is 3. The van der Waals surface area contributed by atoms with Gasteiger partial charge in [-0.15, -0.1) is 5.10 Å². The van der Waals surface area contributed by atoms with Crippen molar-refractivity contribution in [3.05, 3.63) is 41.5 Å². The van der Waals surface area contributed by atoms with Crippen LogP contribution in [0.3, 0.4) is 0 Å². The zero-order valence-corrected chi connectivity index (χ0v) is 12.5. The molecule has 0 aliphatic carbocycles. The molecule has 22 heavy (non-hydrogen) atoms. The molecule has 0 bridgehead atoms. The summed E-state index contributed by atoms with van der Waals surface area (Å²) in [6.07, 6.45) is 0.730. The van der Waals surface area contributed by atoms with Crippen molar-refractivity contribution >= 4 is 23.6 Å². The van der Waals surface area contributed by atoms with Crippen LogP contribution in [0, 0.1) is 5.82 Å². The Kier molecular flexibility index (Phi) is 5.48. The molecule has 7 nitrogen and oxygen atoms in total. The molecule has 9 heteroatoms. The van der Waals surface area contributed by atoms with Crippen LogP contribution in [0.15, 0.2) is 29.4 Å². The highest BCUT2D eigenvalue weighted by molar-refractivity contribution is 7.99. The van der Waals surface area contributed by atoms with Crippen LogP contribution in [0.2, 0.25) is 0 Å². The van der Waals surface area contributed by atoms with Crippen molar-refractivity contribution in [2.75, 3.05) is 5.75 Å². The molecule has 0 aliphatic heterocycles. The summed E-state index contributed by atoms with van der Waals surface area (Å²) in [6, 6.07) is 4.99. The van der Waals surface area contributed by atoms with Crippen molar-refractivity contribution < 1.29 is 14.0 Å². The van der Waals surface area contributed by atoms with Crippen molar-refractivity contribution in [3.63, 3.8) is 0 Å². The molecule has 0 spiro atoms. The predicted molar refractivity (Wildman–Crippen MR) is 78.5 cm³/mol. The summed E-state index contributed by atoms with van der Waals surface area (Å²) in [6.45, 7) is 1.94. The van der Waals surface area contributed by atoms with Gasteiger partial charge in [-0.05, 0) is 24.3 Å². The number of H-pyrrole nitrogens is 1. The van der Waals surface area contributed by atoms with Crippen molar-refractivity contribution in [3.8, 4) is 0 Å². The van der Waals surface area contributed by atoms with Crippen molar-refractivity contribution in [1.82, 2.24) is 26.0 Å². The van der Waals surface area contributed by atoms with Gasteiger partial charge in [0.15, 0.2) is 0 Å². The highest BCUT2D eigenvalue weighted by Gasteiger charge is 2.09. The molecular weight excluding hydrogens is 309 g/mol. The van der Waals surface area contributed by atoms with E-state index in [1.165, 1.54) is 24.3 Å². The molecule has 2 amide bonds. The lowest BCUT2D eigenvalue weighted by Crippen LogP contribution is -2.42. The maximum absolute atomic E-state index is 12.7. The predicted octanol–water partition coefficient (Wildman–Crippen LogP) is 1.06. The Labute approximate surface area is 130 Å². The fourth-order valence-electron chi connectivity index (χ4n) is 1.47. The Balaban J connectivity index is 1.75. The van der Waals surface area contributed by atoms with Crippen LogP contribution in [0.25, 0.3) is 0 Å². The van der Waals surface area contributed by atoms with Gasteiger partial charge in [-0.1, -0.05) is 18.7 Å². The van der Waals surface area contributed by atoms with Gasteiger partial charge in [-0.2, -0.15) is 0 Å². The van der Waals surface area contributed by atoms with Crippen LogP contribution in [0.4, 0.5) is 4.39 Å². The highest BCUT2D eigenvalue weighted by atomic mass is 32.2. The van der Waals surface area contributed by atoms with Gasteiger partial charge < -0.3 is 0 Å². The van der Waals surface area contributed by atoms with Crippen LogP contribution >= 0.6 is 11.8 Å². The molecule has 0 fully saturated rings. The standard InChI is InChI=1S/C13H14FN5O2S/c1-2-10-15-13(19-16-10)22-7-11(20)17-18-12(21)8-3-5-9(14)6-4-8/h3-6H,2,7H2,1H3,(H,17,20)(H,18,21)(H,15,16,19). The Hall–Kier alpha value is -2.42. The number of carbonyl (C=O) groups is 2. The zero-order valence-electron chi connectivity index (χ0n) is 11.7. The van der Waals surface area contributed by atoms with E-state index in [1.807, 2.05) is 6.92 Å². The smallest absolute Gasteiger partial charge is 0.269 e. The molecule has 116 valence electrons. The molecule has 0 unspecified atom stereocenters. The molecule has 0 radical (unpaired) electrons. The van der Waals surface area contributed by atoms with Gasteiger partial charge in [-0.25, -0.2) is 9.37 Å². The first kappa shape index (κ1) is 16.0. The lowest BCUT2D eigenvalue weighted by molar-refractivity contribution is -0.119. The van der Waals surface area contributed by atoms with Crippen LogP contribution in [-0.4, -0.2) is 32.7 Å². The maximum atomic E-state index is 12.7. The second-order valence-electron chi connectivity index (χ2n) is 4.22. The molecule has 0 aliphatic rings. The number of nitrogens with zero attached hydrogens (tertiary/aromatic N) is 2. The number of aromatic nitrogens is 3. The molecule has 1 aromatic carbocycles. The Morgan fingerprint density at radius 2 is 2.00 bits per heavy atom. The van der Waals surface area contributed by atoms with E-state index in [1.54, 1.807) is 0 Å². The maximum Gasteiger partial charge on any atom is 0.269 e. The van der Waals surface area contributed by atoms with E-state index >= 15 is 0 Å². The third-order valence-electron chi connectivity index (χ3n) is 2.60.